The van der Waals surface area contributed by atoms with Gasteiger partial charge in [0, 0.05) is 37.8 Å². The van der Waals surface area contributed by atoms with Gasteiger partial charge in [-0.25, -0.2) is 10.1 Å². The molecule has 0 spiro atoms. The highest BCUT2D eigenvalue weighted by Crippen LogP contribution is 2.17. The fourth-order valence-electron chi connectivity index (χ4n) is 2.91. The lowest BCUT2D eigenvalue weighted by Crippen LogP contribution is -2.50. The van der Waals surface area contributed by atoms with Gasteiger partial charge in [0.05, 0.1) is 0 Å². The zero-order valence-electron chi connectivity index (χ0n) is 13.7. The zero-order chi connectivity index (χ0) is 18.1. The lowest BCUT2D eigenvalue weighted by molar-refractivity contribution is 0.0531. The Bertz CT molecular complexity index is 1010. The van der Waals surface area contributed by atoms with Crippen LogP contribution in [0.25, 0.3) is 11.1 Å². The van der Waals surface area contributed by atoms with Crippen LogP contribution in [0.5, 0.6) is 0 Å². The predicted molar refractivity (Wildman–Crippen MR) is 90.7 cm³/mol. The van der Waals surface area contributed by atoms with E-state index in [1.807, 2.05) is 0 Å². The normalized spacial score (nSPS) is 14.6. The van der Waals surface area contributed by atoms with E-state index in [9.17, 15) is 14.4 Å². The van der Waals surface area contributed by atoms with Crippen molar-refractivity contribution < 1.29 is 14.0 Å². The molecule has 0 bridgehead atoms. The topological polar surface area (TPSA) is 112 Å². The maximum atomic E-state index is 12.7. The lowest BCUT2D eigenvalue weighted by atomic mass is 10.1. The van der Waals surface area contributed by atoms with Crippen molar-refractivity contribution in [1.29, 1.82) is 0 Å². The van der Waals surface area contributed by atoms with Crippen LogP contribution >= 0.6 is 0 Å². The maximum absolute atomic E-state index is 12.7. The summed E-state index contributed by atoms with van der Waals surface area (Å²) < 4.78 is 5.24. The van der Waals surface area contributed by atoms with Crippen molar-refractivity contribution in [2.45, 2.75) is 0 Å². The van der Waals surface area contributed by atoms with Crippen molar-refractivity contribution in [3.63, 3.8) is 0 Å². The Morgan fingerprint density at radius 2 is 1.73 bits per heavy atom. The Balaban J connectivity index is 1.42. The van der Waals surface area contributed by atoms with Crippen LogP contribution in [0, 0.1) is 0 Å². The molecule has 9 nitrogen and oxygen atoms in total. The number of fused-ring (bicyclic) bond motifs is 1. The predicted octanol–water partition coefficient (Wildman–Crippen LogP) is 0.509. The number of piperazine rings is 1. The van der Waals surface area contributed by atoms with Crippen LogP contribution in [-0.2, 0) is 0 Å². The fourth-order valence-corrected chi connectivity index (χ4v) is 2.91. The summed E-state index contributed by atoms with van der Waals surface area (Å²) >= 11 is 0. The van der Waals surface area contributed by atoms with Crippen LogP contribution in [0.3, 0.4) is 0 Å². The third-order valence-electron chi connectivity index (χ3n) is 4.33. The summed E-state index contributed by atoms with van der Waals surface area (Å²) in [6.45, 7) is 1.64. The van der Waals surface area contributed by atoms with Gasteiger partial charge in [-0.05, 0) is 24.3 Å². The van der Waals surface area contributed by atoms with E-state index in [0.29, 0.717) is 42.8 Å². The SMILES string of the molecule is O=C(c1ccc2ncoc2c1)N1CCN(C(=O)c2ccc(=O)[nH]n2)CC1. The van der Waals surface area contributed by atoms with Gasteiger partial charge in [-0.3, -0.25) is 14.4 Å². The quantitative estimate of drug-likeness (QED) is 0.718. The average Bonchev–Trinajstić information content (AvgIpc) is 3.15. The number of oxazole rings is 1. The van der Waals surface area contributed by atoms with Gasteiger partial charge in [-0.1, -0.05) is 0 Å². The molecule has 1 N–H and O–H groups in total. The van der Waals surface area contributed by atoms with Gasteiger partial charge in [0.15, 0.2) is 12.0 Å². The first-order valence-electron chi connectivity index (χ1n) is 8.09. The first-order chi connectivity index (χ1) is 12.6. The second kappa shape index (κ2) is 6.43. The molecule has 1 saturated heterocycles. The molecule has 1 aliphatic heterocycles. The molecule has 1 fully saturated rings. The Morgan fingerprint density at radius 3 is 2.42 bits per heavy atom. The van der Waals surface area contributed by atoms with Crippen molar-refractivity contribution in [1.82, 2.24) is 25.0 Å². The third kappa shape index (κ3) is 2.94. The number of amides is 2. The fraction of sp³-hybridized carbons (Fsp3) is 0.235. The number of aromatic amines is 1. The first-order valence-corrected chi connectivity index (χ1v) is 8.09. The van der Waals surface area contributed by atoms with E-state index in [0.717, 1.165) is 0 Å². The van der Waals surface area contributed by atoms with E-state index in [-0.39, 0.29) is 23.1 Å². The summed E-state index contributed by atoms with van der Waals surface area (Å²) in [5.74, 6) is -0.381. The molecule has 26 heavy (non-hydrogen) atoms. The lowest BCUT2D eigenvalue weighted by Gasteiger charge is -2.34. The molecule has 2 aromatic heterocycles. The van der Waals surface area contributed by atoms with Gasteiger partial charge in [-0.2, -0.15) is 5.10 Å². The minimum Gasteiger partial charge on any atom is -0.443 e. The molecule has 132 valence electrons. The van der Waals surface area contributed by atoms with Gasteiger partial charge in [-0.15, -0.1) is 0 Å². The van der Waals surface area contributed by atoms with Crippen LogP contribution in [0.1, 0.15) is 20.8 Å². The highest BCUT2D eigenvalue weighted by atomic mass is 16.3. The number of carbonyl (C=O) groups excluding carboxylic acids is 2. The number of carbonyl (C=O) groups is 2. The van der Waals surface area contributed by atoms with Crippen molar-refractivity contribution in [2.24, 2.45) is 0 Å². The van der Waals surface area contributed by atoms with Crippen molar-refractivity contribution >= 4 is 22.9 Å². The third-order valence-corrected chi connectivity index (χ3v) is 4.33. The van der Waals surface area contributed by atoms with Gasteiger partial charge >= 0.3 is 0 Å². The van der Waals surface area contributed by atoms with Crippen LogP contribution in [0.15, 0.2) is 45.9 Å². The molecule has 3 heterocycles. The summed E-state index contributed by atoms with van der Waals surface area (Å²) in [4.78, 5) is 43.4. The smallest absolute Gasteiger partial charge is 0.274 e. The molecule has 1 aliphatic rings. The number of nitrogens with one attached hydrogen (secondary N) is 1. The average molecular weight is 353 g/mol. The molecule has 4 rings (SSSR count). The van der Waals surface area contributed by atoms with Crippen molar-refractivity contribution in [2.75, 3.05) is 26.2 Å². The van der Waals surface area contributed by atoms with Gasteiger partial charge < -0.3 is 14.2 Å². The van der Waals surface area contributed by atoms with Crippen molar-refractivity contribution in [3.8, 4) is 0 Å². The minimum atomic E-state index is -0.360. The number of hydrogen-bond donors (Lipinski definition) is 1. The van der Waals surface area contributed by atoms with Crippen LogP contribution in [0.4, 0.5) is 0 Å². The van der Waals surface area contributed by atoms with E-state index in [1.165, 1.54) is 18.5 Å². The minimum absolute atomic E-state index is 0.113. The summed E-state index contributed by atoms with van der Waals surface area (Å²) in [5.41, 5.74) is 1.61. The van der Waals surface area contributed by atoms with Crippen LogP contribution in [0.2, 0.25) is 0 Å². The van der Waals surface area contributed by atoms with Gasteiger partial charge in [0.1, 0.15) is 11.2 Å². The second-order valence-corrected chi connectivity index (χ2v) is 5.93. The summed E-state index contributed by atoms with van der Waals surface area (Å²) in [7, 11) is 0. The van der Waals surface area contributed by atoms with Crippen LogP contribution < -0.4 is 5.56 Å². The van der Waals surface area contributed by atoms with E-state index in [4.69, 9.17) is 4.42 Å². The number of H-pyrrole nitrogens is 1. The number of aromatic nitrogens is 3. The molecular weight excluding hydrogens is 338 g/mol. The molecule has 2 amide bonds. The molecular formula is C17H15N5O4. The Kier molecular flexibility index (Phi) is 3.96. The van der Waals surface area contributed by atoms with Crippen LogP contribution in [-0.4, -0.2) is 63.0 Å². The monoisotopic (exact) mass is 353 g/mol. The maximum Gasteiger partial charge on any atom is 0.274 e. The summed E-state index contributed by atoms with van der Waals surface area (Å²) in [6.07, 6.45) is 1.34. The van der Waals surface area contributed by atoms with E-state index < -0.39 is 0 Å². The van der Waals surface area contributed by atoms with Gasteiger partial charge in [0.2, 0.25) is 0 Å². The number of nitrogens with zero attached hydrogens (tertiary/aromatic N) is 4. The molecule has 0 atom stereocenters. The molecule has 3 aromatic rings. The number of rotatable bonds is 2. The molecule has 0 unspecified atom stereocenters. The second-order valence-electron chi connectivity index (χ2n) is 5.93. The Labute approximate surface area is 147 Å². The number of hydrogen-bond acceptors (Lipinski definition) is 6. The summed E-state index contributed by atoms with van der Waals surface area (Å²) in [5, 5.41) is 6.00. The molecule has 1 aromatic carbocycles. The first kappa shape index (κ1) is 16.0. The highest BCUT2D eigenvalue weighted by molar-refractivity contribution is 5.97. The summed E-state index contributed by atoms with van der Waals surface area (Å²) in [6, 6.07) is 7.79. The molecule has 0 saturated carbocycles. The van der Waals surface area contributed by atoms with E-state index in [2.05, 4.69) is 15.2 Å². The van der Waals surface area contributed by atoms with E-state index in [1.54, 1.807) is 28.0 Å². The molecule has 0 radical (unpaired) electrons. The Hall–Kier alpha value is -3.49. The highest BCUT2D eigenvalue weighted by Gasteiger charge is 2.26. The molecule has 0 aliphatic carbocycles. The van der Waals surface area contributed by atoms with Gasteiger partial charge in [0.25, 0.3) is 17.4 Å². The largest absolute Gasteiger partial charge is 0.443 e. The molecule has 9 heteroatoms. The van der Waals surface area contributed by atoms with E-state index >= 15 is 0 Å². The van der Waals surface area contributed by atoms with Crippen molar-refractivity contribution in [3.05, 3.63) is 58.3 Å². The standard InChI is InChI=1S/C17H15N5O4/c23-15-4-3-13(19-20-15)17(25)22-7-5-21(6-8-22)16(24)11-1-2-12-14(9-11)26-10-18-12/h1-4,9-10H,5-8H2,(H,20,23). The zero-order valence-corrected chi connectivity index (χ0v) is 13.7. The Morgan fingerprint density at radius 1 is 1.00 bits per heavy atom. The number of benzene rings is 1.